The minimum Gasteiger partial charge on any atom is -0.397 e. The molecule has 1 aliphatic heterocycles. The summed E-state index contributed by atoms with van der Waals surface area (Å²) in [6, 6.07) is 0. The lowest BCUT2D eigenvalue weighted by Gasteiger charge is -2.21. The maximum absolute atomic E-state index is 12.2. The molecule has 0 bridgehead atoms. The quantitative estimate of drug-likeness (QED) is 0.894. The molecule has 0 spiro atoms. The van der Waals surface area contributed by atoms with Gasteiger partial charge < -0.3 is 20.7 Å². The van der Waals surface area contributed by atoms with Gasteiger partial charge >= 0.3 is 0 Å². The minimum absolute atomic E-state index is 0.0424. The number of ether oxygens (including phenoxy) is 1. The van der Waals surface area contributed by atoms with E-state index in [1.807, 2.05) is 6.92 Å². The number of nitrogens with one attached hydrogen (secondary N) is 1. The molecular formula is C15H23N3O2S. The molecule has 0 unspecified atom stereocenters. The van der Waals surface area contributed by atoms with Crippen LogP contribution in [0.4, 0.5) is 10.7 Å². The van der Waals surface area contributed by atoms with Crippen LogP contribution in [0.15, 0.2) is 0 Å². The van der Waals surface area contributed by atoms with E-state index in [2.05, 4.69) is 10.2 Å². The number of anilines is 2. The molecule has 1 aromatic heterocycles. The molecule has 3 rings (SSSR count). The molecule has 2 fully saturated rings. The van der Waals surface area contributed by atoms with Gasteiger partial charge in [0.25, 0.3) is 5.91 Å². The van der Waals surface area contributed by atoms with Crippen LogP contribution >= 0.6 is 11.3 Å². The van der Waals surface area contributed by atoms with Gasteiger partial charge in [0.15, 0.2) is 0 Å². The second kappa shape index (κ2) is 6.23. The van der Waals surface area contributed by atoms with Crippen LogP contribution in [0.25, 0.3) is 0 Å². The van der Waals surface area contributed by atoms with E-state index < -0.39 is 0 Å². The lowest BCUT2D eigenvalue weighted by molar-refractivity contribution is 0.0960. The Kier molecular flexibility index (Phi) is 4.35. The third kappa shape index (κ3) is 3.01. The smallest absolute Gasteiger partial charge is 0.263 e. The van der Waals surface area contributed by atoms with Gasteiger partial charge in [-0.3, -0.25) is 4.79 Å². The van der Waals surface area contributed by atoms with Crippen molar-refractivity contribution in [1.82, 2.24) is 5.32 Å². The van der Waals surface area contributed by atoms with Crippen LogP contribution in [0, 0.1) is 0 Å². The van der Waals surface area contributed by atoms with Gasteiger partial charge in [-0.1, -0.05) is 0 Å². The van der Waals surface area contributed by atoms with E-state index in [1.165, 1.54) is 23.4 Å². The van der Waals surface area contributed by atoms with Crippen LogP contribution in [0.2, 0.25) is 0 Å². The number of thiophene rings is 1. The zero-order valence-electron chi connectivity index (χ0n) is 12.5. The lowest BCUT2D eigenvalue weighted by Crippen LogP contribution is -2.25. The summed E-state index contributed by atoms with van der Waals surface area (Å²) in [5.41, 5.74) is 8.23. The zero-order chi connectivity index (χ0) is 14.8. The SMILES string of the molecule is CCNC(=O)c1sc(N2CCCOCC2)c(C2CC2)c1N. The molecule has 0 atom stereocenters. The predicted molar refractivity (Wildman–Crippen MR) is 86.4 cm³/mol. The maximum atomic E-state index is 12.2. The van der Waals surface area contributed by atoms with Crippen molar-refractivity contribution in [3.8, 4) is 0 Å². The highest BCUT2D eigenvalue weighted by atomic mass is 32.1. The Hall–Kier alpha value is -1.27. The average Bonchev–Trinajstić information content (AvgIpc) is 3.27. The number of nitrogens with zero attached hydrogens (tertiary/aromatic N) is 1. The van der Waals surface area contributed by atoms with E-state index in [-0.39, 0.29) is 5.91 Å². The first-order valence-corrected chi connectivity index (χ1v) is 8.57. The highest BCUT2D eigenvalue weighted by Crippen LogP contribution is 2.52. The molecule has 1 saturated carbocycles. The molecule has 0 radical (unpaired) electrons. The summed E-state index contributed by atoms with van der Waals surface area (Å²) in [6.07, 6.45) is 3.40. The fourth-order valence-electron chi connectivity index (χ4n) is 2.80. The average molecular weight is 309 g/mol. The lowest BCUT2D eigenvalue weighted by atomic mass is 10.1. The minimum atomic E-state index is -0.0424. The number of rotatable bonds is 4. The summed E-state index contributed by atoms with van der Waals surface area (Å²) in [5.74, 6) is 0.503. The standard InChI is InChI=1S/C15H23N3O2S/c1-2-17-14(19)13-12(16)11(10-4-5-10)15(21-13)18-6-3-8-20-9-7-18/h10H,2-9,16H2,1H3,(H,17,19). The van der Waals surface area contributed by atoms with Gasteiger partial charge in [0.1, 0.15) is 4.88 Å². The van der Waals surface area contributed by atoms with Crippen LogP contribution in [0.1, 0.15) is 47.3 Å². The number of hydrogen-bond acceptors (Lipinski definition) is 5. The molecular weight excluding hydrogens is 286 g/mol. The van der Waals surface area contributed by atoms with Crippen LogP contribution in [-0.4, -0.2) is 38.8 Å². The number of amides is 1. The molecule has 116 valence electrons. The summed E-state index contributed by atoms with van der Waals surface area (Å²) >= 11 is 1.55. The molecule has 1 aliphatic carbocycles. The fraction of sp³-hybridized carbons (Fsp3) is 0.667. The Morgan fingerprint density at radius 1 is 1.43 bits per heavy atom. The van der Waals surface area contributed by atoms with E-state index in [4.69, 9.17) is 10.5 Å². The van der Waals surface area contributed by atoms with Crippen LogP contribution in [-0.2, 0) is 4.74 Å². The van der Waals surface area contributed by atoms with E-state index in [1.54, 1.807) is 11.3 Å². The maximum Gasteiger partial charge on any atom is 0.263 e. The van der Waals surface area contributed by atoms with Gasteiger partial charge in [-0.15, -0.1) is 11.3 Å². The fourth-order valence-corrected chi connectivity index (χ4v) is 4.08. The Labute approximate surface area is 129 Å². The van der Waals surface area contributed by atoms with Gasteiger partial charge in [0.05, 0.1) is 17.3 Å². The van der Waals surface area contributed by atoms with Gasteiger partial charge in [-0.05, 0) is 32.1 Å². The highest BCUT2D eigenvalue weighted by molar-refractivity contribution is 7.18. The van der Waals surface area contributed by atoms with Crippen LogP contribution in [0.5, 0.6) is 0 Å². The third-order valence-corrected chi connectivity index (χ3v) is 5.28. The number of carbonyl (C=O) groups is 1. The third-order valence-electron chi connectivity index (χ3n) is 4.00. The summed E-state index contributed by atoms with van der Waals surface area (Å²) in [6.45, 7) is 5.99. The van der Waals surface area contributed by atoms with Gasteiger partial charge in [0, 0.05) is 31.8 Å². The monoisotopic (exact) mass is 309 g/mol. The van der Waals surface area contributed by atoms with Crippen molar-refractivity contribution in [2.75, 3.05) is 43.5 Å². The van der Waals surface area contributed by atoms with Crippen LogP contribution < -0.4 is 16.0 Å². The second-order valence-electron chi connectivity index (χ2n) is 5.65. The topological polar surface area (TPSA) is 67.6 Å². The Bertz CT molecular complexity index is 517. The molecule has 1 amide bonds. The second-order valence-corrected chi connectivity index (χ2v) is 6.65. The summed E-state index contributed by atoms with van der Waals surface area (Å²) in [7, 11) is 0. The van der Waals surface area contributed by atoms with Crippen LogP contribution in [0.3, 0.4) is 0 Å². The molecule has 3 N–H and O–H groups in total. The van der Waals surface area contributed by atoms with Crippen molar-refractivity contribution in [3.63, 3.8) is 0 Å². The van der Waals surface area contributed by atoms with E-state index in [0.29, 0.717) is 23.0 Å². The van der Waals surface area contributed by atoms with Gasteiger partial charge in [-0.2, -0.15) is 0 Å². The highest BCUT2D eigenvalue weighted by Gasteiger charge is 2.34. The van der Waals surface area contributed by atoms with Crippen molar-refractivity contribution in [1.29, 1.82) is 0 Å². The van der Waals surface area contributed by atoms with Crippen molar-refractivity contribution in [2.24, 2.45) is 0 Å². The van der Waals surface area contributed by atoms with Gasteiger partial charge in [-0.25, -0.2) is 0 Å². The normalized spacial score (nSPS) is 19.4. The first-order chi connectivity index (χ1) is 10.2. The first kappa shape index (κ1) is 14.7. The molecule has 1 aromatic rings. The van der Waals surface area contributed by atoms with Crippen molar-refractivity contribution in [2.45, 2.75) is 32.1 Å². The van der Waals surface area contributed by atoms with E-state index in [9.17, 15) is 4.79 Å². The summed E-state index contributed by atoms with van der Waals surface area (Å²) in [4.78, 5) is 15.2. The zero-order valence-corrected chi connectivity index (χ0v) is 13.3. The Morgan fingerprint density at radius 2 is 2.24 bits per heavy atom. The Balaban J connectivity index is 1.94. The number of nitrogen functional groups attached to an aromatic ring is 1. The molecule has 5 nitrogen and oxygen atoms in total. The molecule has 2 aliphatic rings. The largest absolute Gasteiger partial charge is 0.397 e. The molecule has 2 heterocycles. The number of carbonyl (C=O) groups excluding carboxylic acids is 1. The summed E-state index contributed by atoms with van der Waals surface area (Å²) in [5, 5.41) is 4.06. The predicted octanol–water partition coefficient (Wildman–Crippen LogP) is 2.18. The van der Waals surface area contributed by atoms with E-state index >= 15 is 0 Å². The summed E-state index contributed by atoms with van der Waals surface area (Å²) < 4.78 is 5.54. The molecule has 21 heavy (non-hydrogen) atoms. The number of hydrogen-bond donors (Lipinski definition) is 2. The Morgan fingerprint density at radius 3 is 2.95 bits per heavy atom. The van der Waals surface area contributed by atoms with E-state index in [0.717, 1.165) is 32.7 Å². The van der Waals surface area contributed by atoms with Crippen molar-refractivity contribution in [3.05, 3.63) is 10.4 Å². The molecule has 1 saturated heterocycles. The first-order valence-electron chi connectivity index (χ1n) is 7.75. The molecule has 0 aromatic carbocycles. The number of nitrogens with two attached hydrogens (primary N) is 1. The van der Waals surface area contributed by atoms with Crippen molar-refractivity contribution < 1.29 is 9.53 Å². The van der Waals surface area contributed by atoms with Gasteiger partial charge in [0.2, 0.25) is 0 Å². The molecule has 6 heteroatoms. The van der Waals surface area contributed by atoms with Crippen molar-refractivity contribution >= 4 is 27.9 Å².